The van der Waals surface area contributed by atoms with Gasteiger partial charge in [-0.2, -0.15) is 5.10 Å². The first-order chi connectivity index (χ1) is 18.8. The van der Waals surface area contributed by atoms with Gasteiger partial charge in [-0.1, -0.05) is 56.8 Å². The zero-order chi connectivity index (χ0) is 27.8. The lowest BCUT2D eigenvalue weighted by molar-refractivity contribution is -0.140. The molecular weight excluding hydrogens is 607 g/mol. The molecule has 39 heavy (non-hydrogen) atoms. The van der Waals surface area contributed by atoms with Crippen LogP contribution in [0.25, 0.3) is 0 Å². The number of nitrogens with one attached hydrogen (secondary N) is 1. The van der Waals surface area contributed by atoms with Crippen LogP contribution in [-0.2, 0) is 4.79 Å². The lowest BCUT2D eigenvalue weighted by atomic mass is 10.1. The Labute approximate surface area is 243 Å². The van der Waals surface area contributed by atoms with Crippen LogP contribution in [0.1, 0.15) is 21.5 Å². The van der Waals surface area contributed by atoms with Crippen molar-refractivity contribution in [3.05, 3.63) is 122 Å². The van der Waals surface area contributed by atoms with E-state index in [1.807, 2.05) is 13.0 Å². The van der Waals surface area contributed by atoms with Crippen molar-refractivity contribution in [3.8, 4) is 17.2 Å². The van der Waals surface area contributed by atoms with E-state index < -0.39 is 18.2 Å². The summed E-state index contributed by atoms with van der Waals surface area (Å²) in [6, 6.07) is 25.0. The second-order valence-corrected chi connectivity index (χ2v) is 9.94. The summed E-state index contributed by atoms with van der Waals surface area (Å²) >= 11 is 15.3. The fourth-order valence-electron chi connectivity index (χ4n) is 3.27. The van der Waals surface area contributed by atoms with E-state index in [1.54, 1.807) is 84.9 Å². The highest BCUT2D eigenvalue weighted by molar-refractivity contribution is 9.10. The number of amides is 1. The number of carbonyl (C=O) groups is 2. The summed E-state index contributed by atoms with van der Waals surface area (Å²) in [4.78, 5) is 25.7. The molecular formula is C29H21BrCl2N2O5. The summed E-state index contributed by atoms with van der Waals surface area (Å²) < 4.78 is 17.8. The number of aryl methyl sites for hydroxylation is 1. The zero-order valence-electron chi connectivity index (χ0n) is 20.4. The molecule has 1 N–H and O–H groups in total. The van der Waals surface area contributed by atoms with Gasteiger partial charge in [0.25, 0.3) is 0 Å². The number of rotatable bonds is 9. The molecule has 10 heteroatoms. The van der Waals surface area contributed by atoms with Crippen molar-refractivity contribution < 1.29 is 23.8 Å². The van der Waals surface area contributed by atoms with E-state index in [2.05, 4.69) is 26.5 Å². The molecule has 198 valence electrons. The van der Waals surface area contributed by atoms with Gasteiger partial charge in [0.05, 0.1) is 11.8 Å². The maximum Gasteiger partial charge on any atom is 0.343 e. The molecule has 1 amide bonds. The van der Waals surface area contributed by atoms with Crippen LogP contribution in [0.2, 0.25) is 10.0 Å². The Balaban J connectivity index is 1.49. The molecule has 7 nitrogen and oxygen atoms in total. The Bertz CT molecular complexity index is 1450. The van der Waals surface area contributed by atoms with Crippen LogP contribution in [0.4, 0.5) is 0 Å². The normalized spacial score (nSPS) is 10.9. The van der Waals surface area contributed by atoms with Gasteiger partial charge in [-0.15, -0.1) is 0 Å². The number of hydrazone groups is 1. The molecule has 0 aliphatic rings. The maximum atomic E-state index is 13.0. The molecule has 0 atom stereocenters. The number of benzene rings is 4. The molecule has 4 aromatic rings. The van der Waals surface area contributed by atoms with E-state index in [4.69, 9.17) is 37.4 Å². The first-order valence-electron chi connectivity index (χ1n) is 11.5. The molecule has 4 aromatic carbocycles. The molecule has 0 bridgehead atoms. The van der Waals surface area contributed by atoms with Gasteiger partial charge in [-0.05, 0) is 85.8 Å². The molecule has 4 rings (SSSR count). The average molecular weight is 628 g/mol. The SMILES string of the molecule is Cc1cccc(C(=O)Oc2ccc(Br)cc2/C=N/NC(=O)C(Oc2ccc(Cl)cc2)Oc2ccc(Cl)cc2)c1. The predicted octanol–water partition coefficient (Wildman–Crippen LogP) is 7.22. The average Bonchev–Trinajstić information content (AvgIpc) is 2.92. The highest BCUT2D eigenvalue weighted by Crippen LogP contribution is 2.24. The van der Waals surface area contributed by atoms with Gasteiger partial charge < -0.3 is 14.2 Å². The first kappa shape index (κ1) is 28.2. The van der Waals surface area contributed by atoms with Gasteiger partial charge in [0.15, 0.2) is 0 Å². The van der Waals surface area contributed by atoms with E-state index in [0.717, 1.165) is 10.0 Å². The monoisotopic (exact) mass is 626 g/mol. The van der Waals surface area contributed by atoms with Crippen molar-refractivity contribution in [2.75, 3.05) is 0 Å². The van der Waals surface area contributed by atoms with Crippen LogP contribution in [0.5, 0.6) is 17.2 Å². The Hall–Kier alpha value is -3.85. The van der Waals surface area contributed by atoms with E-state index in [9.17, 15) is 9.59 Å². The Morgan fingerprint density at radius 1 is 0.872 bits per heavy atom. The third-order valence-corrected chi connectivity index (χ3v) is 6.13. The number of ether oxygens (including phenoxy) is 3. The van der Waals surface area contributed by atoms with E-state index in [0.29, 0.717) is 32.7 Å². The summed E-state index contributed by atoms with van der Waals surface area (Å²) in [6.45, 7) is 1.89. The van der Waals surface area contributed by atoms with Gasteiger partial charge in [-0.3, -0.25) is 4.79 Å². The molecule has 0 saturated heterocycles. The number of hydrogen-bond donors (Lipinski definition) is 1. The largest absolute Gasteiger partial charge is 0.446 e. The predicted molar refractivity (Wildman–Crippen MR) is 154 cm³/mol. The van der Waals surface area contributed by atoms with Gasteiger partial charge in [0.2, 0.25) is 0 Å². The van der Waals surface area contributed by atoms with Crippen molar-refractivity contribution in [1.82, 2.24) is 5.43 Å². The smallest absolute Gasteiger partial charge is 0.343 e. The summed E-state index contributed by atoms with van der Waals surface area (Å²) in [7, 11) is 0. The third-order valence-electron chi connectivity index (χ3n) is 5.13. The lowest BCUT2D eigenvalue weighted by Gasteiger charge is -2.19. The molecule has 0 aliphatic heterocycles. The van der Waals surface area contributed by atoms with E-state index in [-0.39, 0.29) is 5.75 Å². The zero-order valence-corrected chi connectivity index (χ0v) is 23.5. The van der Waals surface area contributed by atoms with Crippen molar-refractivity contribution in [2.24, 2.45) is 5.10 Å². The van der Waals surface area contributed by atoms with Gasteiger partial charge >= 0.3 is 18.2 Å². The fourth-order valence-corrected chi connectivity index (χ4v) is 3.90. The second-order valence-electron chi connectivity index (χ2n) is 8.15. The molecule has 0 heterocycles. The van der Waals surface area contributed by atoms with Crippen LogP contribution in [0, 0.1) is 6.92 Å². The summed E-state index contributed by atoms with van der Waals surface area (Å²) in [5.74, 6) is -0.240. The van der Waals surface area contributed by atoms with E-state index in [1.165, 1.54) is 6.21 Å². The summed E-state index contributed by atoms with van der Waals surface area (Å²) in [5, 5.41) is 5.06. The van der Waals surface area contributed by atoms with Crippen molar-refractivity contribution >= 4 is 57.2 Å². The number of nitrogens with zero attached hydrogens (tertiary/aromatic N) is 1. The van der Waals surface area contributed by atoms with Gasteiger partial charge in [-0.25, -0.2) is 10.2 Å². The minimum atomic E-state index is -1.40. The van der Waals surface area contributed by atoms with Crippen LogP contribution >= 0.6 is 39.1 Å². The Morgan fingerprint density at radius 3 is 2.08 bits per heavy atom. The number of esters is 1. The lowest BCUT2D eigenvalue weighted by Crippen LogP contribution is -2.40. The van der Waals surface area contributed by atoms with Crippen LogP contribution < -0.4 is 19.6 Å². The Kier molecular flexibility index (Phi) is 9.59. The third kappa shape index (κ3) is 8.32. The van der Waals surface area contributed by atoms with Crippen LogP contribution in [0.15, 0.2) is 101 Å². The highest BCUT2D eigenvalue weighted by Gasteiger charge is 2.23. The number of halogens is 3. The highest BCUT2D eigenvalue weighted by atomic mass is 79.9. The van der Waals surface area contributed by atoms with Crippen molar-refractivity contribution in [2.45, 2.75) is 13.2 Å². The minimum absolute atomic E-state index is 0.258. The quantitative estimate of drug-likeness (QED) is 0.0696. The number of carbonyl (C=O) groups excluding carboxylic acids is 2. The summed E-state index contributed by atoms with van der Waals surface area (Å²) in [6.07, 6.45) is -0.0472. The maximum absolute atomic E-state index is 13.0. The number of hydrogen-bond acceptors (Lipinski definition) is 6. The standard InChI is InChI=1S/C29H21BrCl2N2O5/c1-18-3-2-4-19(15-18)28(36)39-26-14-5-21(30)16-20(26)17-33-34-27(35)29(37-24-10-6-22(31)7-11-24)38-25-12-8-23(32)9-13-25/h2-17,29H,1H3,(H,34,35)/b33-17+. The molecule has 0 aliphatic carbocycles. The molecule has 0 saturated carbocycles. The Morgan fingerprint density at radius 2 is 1.49 bits per heavy atom. The molecule has 0 fully saturated rings. The van der Waals surface area contributed by atoms with Gasteiger partial charge in [0, 0.05) is 20.1 Å². The van der Waals surface area contributed by atoms with Crippen molar-refractivity contribution in [3.63, 3.8) is 0 Å². The topological polar surface area (TPSA) is 86.2 Å². The van der Waals surface area contributed by atoms with Crippen LogP contribution in [-0.4, -0.2) is 24.4 Å². The molecule has 0 unspecified atom stereocenters. The molecule has 0 radical (unpaired) electrons. The fraction of sp³-hybridized carbons (Fsp3) is 0.0690. The van der Waals surface area contributed by atoms with Crippen molar-refractivity contribution in [1.29, 1.82) is 0 Å². The van der Waals surface area contributed by atoms with E-state index >= 15 is 0 Å². The molecule has 0 spiro atoms. The summed E-state index contributed by atoms with van der Waals surface area (Å²) in [5.41, 5.74) is 4.19. The molecule has 0 aromatic heterocycles. The minimum Gasteiger partial charge on any atom is -0.446 e. The van der Waals surface area contributed by atoms with Crippen LogP contribution in [0.3, 0.4) is 0 Å². The first-order valence-corrected chi connectivity index (χ1v) is 13.1. The second kappa shape index (κ2) is 13.3. The van der Waals surface area contributed by atoms with Gasteiger partial charge in [0.1, 0.15) is 17.2 Å².